The van der Waals surface area contributed by atoms with Gasteiger partial charge in [-0.25, -0.2) is 0 Å². The first-order valence-corrected chi connectivity index (χ1v) is 4.54. The van der Waals surface area contributed by atoms with Crippen LogP contribution in [0.4, 0.5) is 0 Å². The molecule has 0 N–H and O–H groups in total. The second-order valence-corrected chi connectivity index (χ2v) is 4.01. The van der Waals surface area contributed by atoms with Crippen molar-refractivity contribution in [3.63, 3.8) is 0 Å². The molecule has 68 valence electrons. The van der Waals surface area contributed by atoms with Crippen LogP contribution in [0, 0.1) is 17.8 Å². The van der Waals surface area contributed by atoms with Crippen LogP contribution in [0.25, 0.3) is 0 Å². The van der Waals surface area contributed by atoms with Crippen molar-refractivity contribution in [1.82, 2.24) is 0 Å². The minimum atomic E-state index is 0. The summed E-state index contributed by atoms with van der Waals surface area (Å²) in [5, 5.41) is 0. The van der Waals surface area contributed by atoms with Crippen molar-refractivity contribution in [2.24, 2.45) is 11.8 Å². The Hall–Kier alpha value is 1.25. The molecule has 1 atom stereocenters. The van der Waals surface area contributed by atoms with Crippen LogP contribution >= 0.6 is 0 Å². The van der Waals surface area contributed by atoms with E-state index < -0.39 is 0 Å². The molecule has 1 fully saturated rings. The summed E-state index contributed by atoms with van der Waals surface area (Å²) in [5.41, 5.74) is 0. The smallest absolute Gasteiger partial charge is 1.00 e. The van der Waals surface area contributed by atoms with Crippen LogP contribution in [0.3, 0.4) is 0 Å². The second kappa shape index (κ2) is 7.63. The second-order valence-electron chi connectivity index (χ2n) is 4.01. The molecule has 1 unspecified atom stereocenters. The molecular weight excluding hydrogens is 224 g/mol. The van der Waals surface area contributed by atoms with Crippen LogP contribution in [0.1, 0.15) is 46.5 Å². The zero-order chi connectivity index (χ0) is 7.56. The van der Waals surface area contributed by atoms with Crippen LogP contribution in [0.15, 0.2) is 0 Å². The Morgan fingerprint density at radius 2 is 1.92 bits per heavy atom. The normalized spacial score (nSPS) is 24.5. The molecule has 1 saturated carbocycles. The van der Waals surface area contributed by atoms with Gasteiger partial charge in [-0.2, -0.15) is 18.8 Å². The summed E-state index contributed by atoms with van der Waals surface area (Å²) in [5.74, 6) is 3.60. The molecule has 12 heavy (non-hydrogen) atoms. The largest absolute Gasteiger partial charge is 2.00 e. The summed E-state index contributed by atoms with van der Waals surface area (Å²) in [6, 6.07) is 0. The van der Waals surface area contributed by atoms with E-state index >= 15 is 0 Å². The van der Waals surface area contributed by atoms with Gasteiger partial charge in [0.2, 0.25) is 0 Å². The Balaban J connectivity index is 0. The summed E-state index contributed by atoms with van der Waals surface area (Å²) in [6.45, 7) is 7.03. The van der Waals surface area contributed by atoms with E-state index in [0.29, 0.717) is 0 Å². The average molecular weight is 243 g/mol. The fourth-order valence-electron chi connectivity index (χ4n) is 1.85. The molecule has 0 aromatic carbocycles. The monoisotopic (exact) mass is 242 g/mol. The summed E-state index contributed by atoms with van der Waals surface area (Å²) >= 11 is 0. The van der Waals surface area contributed by atoms with Crippen LogP contribution in [0.2, 0.25) is 0 Å². The molecule has 1 aliphatic carbocycles. The molecule has 0 amide bonds. The Bertz CT molecular complexity index is 104. The van der Waals surface area contributed by atoms with Crippen molar-refractivity contribution in [3.05, 3.63) is 5.92 Å². The Morgan fingerprint density at radius 1 is 1.33 bits per heavy atom. The van der Waals surface area contributed by atoms with Gasteiger partial charge in [0.1, 0.15) is 0 Å². The topological polar surface area (TPSA) is 0 Å². The molecule has 0 spiro atoms. The van der Waals surface area contributed by atoms with Crippen molar-refractivity contribution in [2.75, 3.05) is 0 Å². The van der Waals surface area contributed by atoms with E-state index in [1.54, 1.807) is 5.92 Å². The first kappa shape index (κ1) is 15.7. The third kappa shape index (κ3) is 5.08. The summed E-state index contributed by atoms with van der Waals surface area (Å²) < 4.78 is 0. The number of rotatable bonds is 1. The van der Waals surface area contributed by atoms with E-state index in [0.717, 1.165) is 11.8 Å². The van der Waals surface area contributed by atoms with Crippen molar-refractivity contribution in [2.45, 2.75) is 46.5 Å². The fourth-order valence-corrected chi connectivity index (χ4v) is 1.85. The summed E-state index contributed by atoms with van der Waals surface area (Å²) in [4.78, 5) is 0. The molecule has 0 nitrogen and oxygen atoms in total. The average Bonchev–Trinajstić information content (AvgIpc) is 1.88. The number of hydrogen-bond donors (Lipinski definition) is 0. The first-order chi connectivity index (χ1) is 4.70. The molecule has 0 saturated heterocycles. The maximum absolute atomic E-state index is 2.38. The molecule has 0 aliphatic heterocycles. The predicted molar refractivity (Wildman–Crippen MR) is 51.5 cm³/mol. The molecule has 0 radical (unpaired) electrons. The predicted octanol–water partition coefficient (Wildman–Crippen LogP) is 0.0502. The number of halogens is 1. The third-order valence-electron chi connectivity index (χ3n) is 2.62. The van der Waals surface area contributed by atoms with Gasteiger partial charge in [0, 0.05) is 0 Å². The van der Waals surface area contributed by atoms with Crippen molar-refractivity contribution >= 4 is 23.1 Å². The zero-order valence-electron chi connectivity index (χ0n) is 8.57. The molecule has 2 heteroatoms. The maximum atomic E-state index is 2.38. The summed E-state index contributed by atoms with van der Waals surface area (Å²) in [7, 11) is 0. The van der Waals surface area contributed by atoms with Gasteiger partial charge in [0.05, 0.1) is 0 Å². The van der Waals surface area contributed by atoms with Crippen LogP contribution in [-0.4, -0.2) is 23.1 Å². The van der Waals surface area contributed by atoms with Gasteiger partial charge >= 0.3 is 23.1 Å². The molecular formula is C10H19BrMg. The molecule has 0 heterocycles. The van der Waals surface area contributed by atoms with Crippen LogP contribution < -0.4 is 17.0 Å². The van der Waals surface area contributed by atoms with Gasteiger partial charge in [-0.3, -0.25) is 0 Å². The van der Waals surface area contributed by atoms with Crippen LogP contribution in [-0.2, 0) is 0 Å². The molecule has 0 aromatic rings. The first-order valence-electron chi connectivity index (χ1n) is 4.54. The van der Waals surface area contributed by atoms with Crippen molar-refractivity contribution < 1.29 is 17.0 Å². The van der Waals surface area contributed by atoms with Gasteiger partial charge in [-0.1, -0.05) is 39.5 Å². The number of hydrogen-bond acceptors (Lipinski definition) is 0. The summed E-state index contributed by atoms with van der Waals surface area (Å²) in [6.07, 6.45) is 5.70. The quantitative estimate of drug-likeness (QED) is 0.451. The van der Waals surface area contributed by atoms with Gasteiger partial charge in [0.25, 0.3) is 0 Å². The fraction of sp³-hybridized carbons (Fsp3) is 0.900. The minimum Gasteiger partial charge on any atom is -1.00 e. The maximum Gasteiger partial charge on any atom is 2.00 e. The van der Waals surface area contributed by atoms with Crippen molar-refractivity contribution in [3.8, 4) is 0 Å². The van der Waals surface area contributed by atoms with Gasteiger partial charge in [-0.15, -0.1) is 0 Å². The van der Waals surface area contributed by atoms with Crippen molar-refractivity contribution in [1.29, 1.82) is 0 Å². The van der Waals surface area contributed by atoms with Gasteiger partial charge < -0.3 is 22.9 Å². The minimum absolute atomic E-state index is 0. The SMILES string of the molecule is CC1CCC[C-](C(C)C)C1.[Br-].[Mg+2]. The van der Waals surface area contributed by atoms with E-state index in [2.05, 4.69) is 20.8 Å². The van der Waals surface area contributed by atoms with E-state index in [1.807, 2.05) is 0 Å². The molecule has 1 rings (SSSR count). The van der Waals surface area contributed by atoms with E-state index in [4.69, 9.17) is 0 Å². The zero-order valence-corrected chi connectivity index (χ0v) is 11.6. The Kier molecular flexibility index (Phi) is 9.99. The molecule has 0 bridgehead atoms. The van der Waals surface area contributed by atoms with Crippen LogP contribution in [0.5, 0.6) is 0 Å². The standard InChI is InChI=1S/C10H19.BrH.Mg/c1-8(2)10-6-4-5-9(3)7-10;;/h8-9H,4-7H2,1-3H3;1H;/q-1;;+2/p-1. The van der Waals surface area contributed by atoms with E-state index in [9.17, 15) is 0 Å². The molecule has 0 aromatic heterocycles. The van der Waals surface area contributed by atoms with E-state index in [1.165, 1.54) is 25.7 Å². The van der Waals surface area contributed by atoms with Gasteiger partial charge in [-0.05, 0) is 0 Å². The van der Waals surface area contributed by atoms with E-state index in [-0.39, 0.29) is 40.0 Å². The Labute approximate surface area is 104 Å². The molecule has 1 aliphatic rings. The van der Waals surface area contributed by atoms with Gasteiger partial charge in [0.15, 0.2) is 0 Å². The Morgan fingerprint density at radius 3 is 2.25 bits per heavy atom. The third-order valence-corrected chi connectivity index (χ3v) is 2.62.